The molecule has 1 saturated heterocycles. The van der Waals surface area contributed by atoms with Crippen LogP contribution < -0.4 is 5.32 Å². The lowest BCUT2D eigenvalue weighted by Crippen LogP contribution is -2.36. The zero-order valence-corrected chi connectivity index (χ0v) is 15.6. The van der Waals surface area contributed by atoms with Crippen molar-refractivity contribution in [3.8, 4) is 0 Å². The molecule has 0 aliphatic carbocycles. The van der Waals surface area contributed by atoms with Gasteiger partial charge in [0.25, 0.3) is 0 Å². The number of halogens is 1. The van der Waals surface area contributed by atoms with E-state index in [4.69, 9.17) is 4.74 Å². The first kappa shape index (κ1) is 17.8. The van der Waals surface area contributed by atoms with Crippen molar-refractivity contribution in [1.29, 1.82) is 0 Å². The van der Waals surface area contributed by atoms with E-state index in [1.54, 1.807) is 4.90 Å². The highest BCUT2D eigenvalue weighted by Gasteiger charge is 2.33. The van der Waals surface area contributed by atoms with Gasteiger partial charge in [0.05, 0.1) is 5.92 Å². The van der Waals surface area contributed by atoms with Gasteiger partial charge in [0.15, 0.2) is 0 Å². The monoisotopic (exact) mass is 382 g/mol. The molecule has 1 fully saturated rings. The first-order chi connectivity index (χ1) is 10.7. The van der Waals surface area contributed by atoms with Crippen molar-refractivity contribution in [2.75, 3.05) is 18.4 Å². The topological polar surface area (TPSA) is 58.6 Å². The Balaban J connectivity index is 1.92. The number of aryl methyl sites for hydroxylation is 1. The van der Waals surface area contributed by atoms with Crippen LogP contribution in [0.15, 0.2) is 22.7 Å². The predicted octanol–water partition coefficient (Wildman–Crippen LogP) is 3.95. The Hall–Kier alpha value is -1.56. The third kappa shape index (κ3) is 4.96. The van der Waals surface area contributed by atoms with Crippen LogP contribution in [0.1, 0.15) is 32.8 Å². The molecule has 0 aromatic heterocycles. The van der Waals surface area contributed by atoms with Gasteiger partial charge in [-0.3, -0.25) is 4.79 Å². The van der Waals surface area contributed by atoms with Crippen molar-refractivity contribution >= 4 is 33.6 Å². The number of hydrogen-bond donors (Lipinski definition) is 1. The quantitative estimate of drug-likeness (QED) is 0.841. The molecule has 126 valence electrons. The first-order valence-corrected chi connectivity index (χ1v) is 8.50. The van der Waals surface area contributed by atoms with E-state index in [2.05, 4.69) is 21.2 Å². The number of benzene rings is 1. The second-order valence-corrected chi connectivity index (χ2v) is 7.72. The molecule has 0 saturated carbocycles. The van der Waals surface area contributed by atoms with Crippen molar-refractivity contribution in [2.45, 2.75) is 39.7 Å². The molecule has 0 spiro atoms. The van der Waals surface area contributed by atoms with Crippen LogP contribution in [0.3, 0.4) is 0 Å². The lowest BCUT2D eigenvalue weighted by Gasteiger charge is -2.24. The molecule has 0 radical (unpaired) electrons. The SMILES string of the molecule is Cc1cc(NC(=O)C2CCN(C(=O)OC(C)(C)C)C2)ccc1Br. The van der Waals surface area contributed by atoms with Crippen LogP contribution in [0.2, 0.25) is 0 Å². The Morgan fingerprint density at radius 1 is 1.35 bits per heavy atom. The summed E-state index contributed by atoms with van der Waals surface area (Å²) in [6.45, 7) is 8.42. The van der Waals surface area contributed by atoms with Crippen LogP contribution in [0, 0.1) is 12.8 Å². The highest BCUT2D eigenvalue weighted by Crippen LogP contribution is 2.23. The molecule has 1 aromatic carbocycles. The molecule has 2 amide bonds. The van der Waals surface area contributed by atoms with E-state index in [9.17, 15) is 9.59 Å². The van der Waals surface area contributed by atoms with Crippen LogP contribution >= 0.6 is 15.9 Å². The van der Waals surface area contributed by atoms with Gasteiger partial charge in [-0.25, -0.2) is 4.79 Å². The van der Waals surface area contributed by atoms with Gasteiger partial charge < -0.3 is 15.0 Å². The lowest BCUT2D eigenvalue weighted by atomic mass is 10.1. The Kier molecular flexibility index (Phi) is 5.34. The minimum atomic E-state index is -0.521. The van der Waals surface area contributed by atoms with Gasteiger partial charge in [-0.05, 0) is 57.9 Å². The zero-order valence-electron chi connectivity index (χ0n) is 14.0. The average Bonchev–Trinajstić information content (AvgIpc) is 2.91. The van der Waals surface area contributed by atoms with E-state index in [-0.39, 0.29) is 17.9 Å². The van der Waals surface area contributed by atoms with Crippen LogP contribution in [0.4, 0.5) is 10.5 Å². The van der Waals surface area contributed by atoms with E-state index in [0.717, 1.165) is 15.7 Å². The van der Waals surface area contributed by atoms with Crippen molar-refractivity contribution in [1.82, 2.24) is 4.90 Å². The maximum Gasteiger partial charge on any atom is 0.410 e. The van der Waals surface area contributed by atoms with Gasteiger partial charge in [0, 0.05) is 23.2 Å². The summed E-state index contributed by atoms with van der Waals surface area (Å²) in [5.74, 6) is -0.260. The summed E-state index contributed by atoms with van der Waals surface area (Å²) in [6.07, 6.45) is 0.299. The third-order valence-electron chi connectivity index (χ3n) is 3.64. The maximum absolute atomic E-state index is 12.4. The minimum Gasteiger partial charge on any atom is -0.444 e. The minimum absolute atomic E-state index is 0.0576. The van der Waals surface area contributed by atoms with Crippen molar-refractivity contribution in [2.24, 2.45) is 5.92 Å². The van der Waals surface area contributed by atoms with Gasteiger partial charge in [0.2, 0.25) is 5.91 Å². The Morgan fingerprint density at radius 3 is 2.65 bits per heavy atom. The third-order valence-corrected chi connectivity index (χ3v) is 4.53. The molecular weight excluding hydrogens is 360 g/mol. The molecule has 1 atom stereocenters. The summed E-state index contributed by atoms with van der Waals surface area (Å²) in [6, 6.07) is 5.69. The average molecular weight is 383 g/mol. The number of likely N-dealkylation sites (tertiary alicyclic amines) is 1. The van der Waals surface area contributed by atoms with Crippen molar-refractivity contribution in [3.05, 3.63) is 28.2 Å². The summed E-state index contributed by atoms with van der Waals surface area (Å²) in [7, 11) is 0. The molecule has 1 heterocycles. The number of nitrogens with one attached hydrogen (secondary N) is 1. The molecule has 5 nitrogen and oxygen atoms in total. The van der Waals surface area contributed by atoms with E-state index in [0.29, 0.717) is 19.5 Å². The molecule has 1 aliphatic heterocycles. The lowest BCUT2D eigenvalue weighted by molar-refractivity contribution is -0.119. The number of nitrogens with zero attached hydrogens (tertiary/aromatic N) is 1. The summed E-state index contributed by atoms with van der Waals surface area (Å²) in [5.41, 5.74) is 1.31. The number of carbonyl (C=O) groups excluding carboxylic acids is 2. The molecule has 0 bridgehead atoms. The molecule has 1 aromatic rings. The normalized spacial score (nSPS) is 18.0. The summed E-state index contributed by atoms with van der Waals surface area (Å²) >= 11 is 3.44. The molecule has 1 aliphatic rings. The second kappa shape index (κ2) is 6.91. The fraction of sp³-hybridized carbons (Fsp3) is 0.529. The van der Waals surface area contributed by atoms with Crippen molar-refractivity contribution in [3.63, 3.8) is 0 Å². The molecule has 23 heavy (non-hydrogen) atoms. The number of carbonyl (C=O) groups is 2. The molecular formula is C17H23BrN2O3. The van der Waals surface area contributed by atoms with Gasteiger partial charge in [-0.2, -0.15) is 0 Å². The number of rotatable bonds is 2. The fourth-order valence-corrected chi connectivity index (χ4v) is 2.68. The van der Waals surface area contributed by atoms with Gasteiger partial charge in [-0.1, -0.05) is 15.9 Å². The molecule has 1 N–H and O–H groups in total. The smallest absolute Gasteiger partial charge is 0.410 e. The van der Waals surface area contributed by atoms with E-state index < -0.39 is 5.60 Å². The Labute approximate surface area is 145 Å². The van der Waals surface area contributed by atoms with E-state index in [1.165, 1.54) is 0 Å². The van der Waals surface area contributed by atoms with Crippen molar-refractivity contribution < 1.29 is 14.3 Å². The highest BCUT2D eigenvalue weighted by molar-refractivity contribution is 9.10. The summed E-state index contributed by atoms with van der Waals surface area (Å²) < 4.78 is 6.35. The Morgan fingerprint density at radius 2 is 2.04 bits per heavy atom. The van der Waals surface area contributed by atoms with Gasteiger partial charge in [0.1, 0.15) is 5.60 Å². The largest absolute Gasteiger partial charge is 0.444 e. The molecule has 1 unspecified atom stereocenters. The fourth-order valence-electron chi connectivity index (χ4n) is 2.43. The van der Waals surface area contributed by atoms with Gasteiger partial charge in [-0.15, -0.1) is 0 Å². The standard InChI is InChI=1S/C17H23BrN2O3/c1-11-9-13(5-6-14(11)18)19-15(21)12-7-8-20(10-12)16(22)23-17(2,3)4/h5-6,9,12H,7-8,10H2,1-4H3,(H,19,21). The summed E-state index contributed by atoms with van der Waals surface area (Å²) in [5, 5.41) is 2.92. The Bertz CT molecular complexity index is 610. The first-order valence-electron chi connectivity index (χ1n) is 7.70. The molecule has 2 rings (SSSR count). The van der Waals surface area contributed by atoms with Crippen LogP contribution in [-0.2, 0) is 9.53 Å². The van der Waals surface area contributed by atoms with E-state index in [1.807, 2.05) is 45.9 Å². The second-order valence-electron chi connectivity index (χ2n) is 6.87. The maximum atomic E-state index is 12.4. The zero-order chi connectivity index (χ0) is 17.2. The molecule has 6 heteroatoms. The highest BCUT2D eigenvalue weighted by atomic mass is 79.9. The van der Waals surface area contributed by atoms with Crippen LogP contribution in [0.5, 0.6) is 0 Å². The van der Waals surface area contributed by atoms with E-state index >= 15 is 0 Å². The van der Waals surface area contributed by atoms with Gasteiger partial charge >= 0.3 is 6.09 Å². The number of amides is 2. The van der Waals surface area contributed by atoms with Crippen LogP contribution in [-0.4, -0.2) is 35.6 Å². The summed E-state index contributed by atoms with van der Waals surface area (Å²) in [4.78, 5) is 26.0. The predicted molar refractivity (Wildman–Crippen MR) is 93.4 cm³/mol. The number of ether oxygens (including phenoxy) is 1. The van der Waals surface area contributed by atoms with Crippen LogP contribution in [0.25, 0.3) is 0 Å². The number of anilines is 1. The number of hydrogen-bond acceptors (Lipinski definition) is 3.